The van der Waals surface area contributed by atoms with Gasteiger partial charge in [0.05, 0.1) is 16.8 Å². The zero-order valence-electron chi connectivity index (χ0n) is 19.5. The van der Waals surface area contributed by atoms with E-state index in [1.54, 1.807) is 25.6 Å². The second-order valence-corrected chi connectivity index (χ2v) is 9.78. The molecule has 0 unspecified atom stereocenters. The van der Waals surface area contributed by atoms with Gasteiger partial charge in [-0.15, -0.1) is 11.8 Å². The third-order valence-corrected chi connectivity index (χ3v) is 6.53. The summed E-state index contributed by atoms with van der Waals surface area (Å²) < 4.78 is 6.31. The van der Waals surface area contributed by atoms with Gasteiger partial charge >= 0.3 is 17.1 Å². The maximum atomic E-state index is 10.7. The van der Waals surface area contributed by atoms with Crippen molar-refractivity contribution in [2.45, 2.75) is 43.4 Å². The first kappa shape index (κ1) is 27.3. The van der Waals surface area contributed by atoms with Crippen molar-refractivity contribution >= 4 is 17.7 Å². The van der Waals surface area contributed by atoms with E-state index in [0.717, 1.165) is 16.7 Å². The monoisotopic (exact) mass is 511 g/mol. The van der Waals surface area contributed by atoms with E-state index in [1.165, 1.54) is 10.5 Å². The molecule has 1 heterocycles. The van der Waals surface area contributed by atoms with Crippen LogP contribution in [0, 0.1) is 69.5 Å². The summed E-state index contributed by atoms with van der Waals surface area (Å²) in [4.78, 5) is 5.98. The molecule has 1 aliphatic heterocycles. The summed E-state index contributed by atoms with van der Waals surface area (Å²) in [6.45, 7) is 5.66. The van der Waals surface area contributed by atoms with Crippen molar-refractivity contribution in [3.05, 3.63) is 128 Å². The van der Waals surface area contributed by atoms with Crippen LogP contribution in [0.4, 0.5) is 0 Å². The van der Waals surface area contributed by atoms with Crippen LogP contribution in [0.15, 0.2) is 64.5 Å². The number of aryl methyl sites for hydroxylation is 1. The Morgan fingerprint density at radius 1 is 0.853 bits per heavy atom. The standard InChI is InChI=1S/C24H24NO2S.C5H5.Fe/c1-16-12-14-18(15-13-16)28-20-11-7-10-19(20)23-25-22(24(2,3)26)21(27-23)17-8-5-4-6-9-17;1-2-4-5-3-1;/h4-15,21-22,26H,1-3H3;1-5H;/q;;+2/t21-,22+;;/m1../s1. The molecule has 2 saturated carbocycles. The molecular weight excluding hydrogens is 482 g/mol. The fourth-order valence-corrected chi connectivity index (χ4v) is 4.63. The fourth-order valence-electron chi connectivity index (χ4n) is 3.69. The molecule has 0 saturated heterocycles. The fraction of sp³-hybridized carbons (Fsp3) is 0.207. The van der Waals surface area contributed by atoms with E-state index in [9.17, 15) is 5.11 Å². The predicted molar refractivity (Wildman–Crippen MR) is 136 cm³/mol. The van der Waals surface area contributed by atoms with Gasteiger partial charge in [0.1, 0.15) is 6.04 Å². The molecule has 2 aromatic rings. The first-order valence-corrected chi connectivity index (χ1v) is 11.9. The van der Waals surface area contributed by atoms with Crippen LogP contribution in [0.3, 0.4) is 0 Å². The number of hydrogen-bond acceptors (Lipinski definition) is 4. The number of nitrogens with zero attached hydrogens (tertiary/aromatic N) is 1. The summed E-state index contributed by atoms with van der Waals surface area (Å²) in [5.74, 6) is 1.57. The average molecular weight is 511 g/mol. The second-order valence-electron chi connectivity index (χ2n) is 8.66. The van der Waals surface area contributed by atoms with Gasteiger partial charge in [-0.3, -0.25) is 0 Å². The van der Waals surface area contributed by atoms with Gasteiger partial charge in [0.15, 0.2) is 12.0 Å². The first-order valence-electron chi connectivity index (χ1n) is 11.1. The molecule has 10 radical (unpaired) electrons. The average Bonchev–Trinajstić information content (AvgIpc) is 3.58. The maximum Gasteiger partial charge on any atom is 2.00 e. The van der Waals surface area contributed by atoms with E-state index in [-0.39, 0.29) is 29.2 Å². The minimum atomic E-state index is -0.987. The van der Waals surface area contributed by atoms with Gasteiger partial charge in [-0.1, -0.05) is 48.0 Å². The summed E-state index contributed by atoms with van der Waals surface area (Å²) >= 11 is 1.70. The summed E-state index contributed by atoms with van der Waals surface area (Å²) in [7, 11) is 0. The third-order valence-electron chi connectivity index (χ3n) is 5.44. The molecule has 0 aromatic heterocycles. The molecule has 5 rings (SSSR count). The molecule has 34 heavy (non-hydrogen) atoms. The van der Waals surface area contributed by atoms with E-state index >= 15 is 0 Å². The zero-order chi connectivity index (χ0) is 23.3. The molecule has 2 aromatic carbocycles. The van der Waals surface area contributed by atoms with Gasteiger partial charge in [0.2, 0.25) is 0 Å². The number of benzene rings is 2. The van der Waals surface area contributed by atoms with Crippen LogP contribution in [0.1, 0.15) is 31.1 Å². The number of aliphatic hydroxyl groups is 1. The number of aliphatic imine (C=N–C) groups is 1. The van der Waals surface area contributed by atoms with Gasteiger partial charge in [-0.2, -0.15) is 0 Å². The van der Waals surface area contributed by atoms with Crippen LogP contribution in [0.25, 0.3) is 0 Å². The van der Waals surface area contributed by atoms with Gasteiger partial charge in [-0.05, 0) is 89.8 Å². The summed E-state index contributed by atoms with van der Waals surface area (Å²) in [5, 5.41) is 11.8. The molecular formula is C29H29FeNO2S+2. The van der Waals surface area contributed by atoms with Gasteiger partial charge in [0.25, 0.3) is 0 Å². The number of thioether (sulfide) groups is 1. The Morgan fingerprint density at radius 2 is 1.47 bits per heavy atom. The zero-order valence-corrected chi connectivity index (χ0v) is 21.5. The molecule has 5 heteroatoms. The van der Waals surface area contributed by atoms with E-state index < -0.39 is 5.60 Å². The topological polar surface area (TPSA) is 41.8 Å². The van der Waals surface area contributed by atoms with Crippen molar-refractivity contribution < 1.29 is 26.9 Å². The van der Waals surface area contributed by atoms with Crippen LogP contribution in [-0.4, -0.2) is 22.6 Å². The van der Waals surface area contributed by atoms with Crippen LogP contribution < -0.4 is 0 Å². The van der Waals surface area contributed by atoms with E-state index in [0.29, 0.717) is 5.90 Å². The summed E-state index contributed by atoms with van der Waals surface area (Å²) in [6, 6.07) is 18.1. The first-order chi connectivity index (χ1) is 15.9. The number of rotatable bonds is 5. The van der Waals surface area contributed by atoms with Crippen LogP contribution in [0.2, 0.25) is 0 Å². The number of ether oxygens (including phenoxy) is 1. The quantitative estimate of drug-likeness (QED) is 0.490. The Kier molecular flexibility index (Phi) is 10.1. The second kappa shape index (κ2) is 12.6. The van der Waals surface area contributed by atoms with Crippen LogP contribution in [0.5, 0.6) is 0 Å². The van der Waals surface area contributed by atoms with E-state index in [2.05, 4.69) is 37.6 Å². The third kappa shape index (κ3) is 7.13. The van der Waals surface area contributed by atoms with Crippen molar-refractivity contribution in [1.29, 1.82) is 0 Å². The Hall–Kier alpha value is -1.26. The van der Waals surface area contributed by atoms with Crippen molar-refractivity contribution in [3.63, 3.8) is 0 Å². The SMILES string of the molecule is Cc1ccc(S[C]2[CH][CH][CH][C]2C2=N[C@H](C(C)(C)O)[C@@H](c3ccccc3)O2)cc1.[CH]1[CH][CH][CH][CH]1.[Fe+2]. The molecule has 0 spiro atoms. The minimum absolute atomic E-state index is 0. The Bertz CT molecular complexity index is 898. The summed E-state index contributed by atoms with van der Waals surface area (Å²) in [5.41, 5.74) is 1.28. The maximum absolute atomic E-state index is 10.7. The molecule has 2 fully saturated rings. The van der Waals surface area contributed by atoms with Gasteiger partial charge < -0.3 is 9.84 Å². The molecule has 2 atom stereocenters. The Balaban J connectivity index is 0.000000481. The van der Waals surface area contributed by atoms with E-state index in [1.807, 2.05) is 75.3 Å². The van der Waals surface area contributed by atoms with Crippen molar-refractivity contribution in [2.75, 3.05) is 0 Å². The smallest absolute Gasteiger partial charge is 0.470 e. The molecule has 2 aliphatic carbocycles. The van der Waals surface area contributed by atoms with Crippen LogP contribution >= 0.6 is 11.8 Å². The van der Waals surface area contributed by atoms with Crippen molar-refractivity contribution in [2.24, 2.45) is 4.99 Å². The van der Waals surface area contributed by atoms with Crippen molar-refractivity contribution in [1.82, 2.24) is 0 Å². The number of hydrogen-bond donors (Lipinski definition) is 1. The molecule has 174 valence electrons. The molecule has 3 aliphatic rings. The van der Waals surface area contributed by atoms with Crippen molar-refractivity contribution in [3.8, 4) is 0 Å². The molecule has 0 amide bonds. The summed E-state index contributed by atoms with van der Waals surface area (Å²) in [6.07, 6.45) is 15.8. The minimum Gasteiger partial charge on any atom is -0.470 e. The largest absolute Gasteiger partial charge is 2.00 e. The Labute approximate surface area is 220 Å². The predicted octanol–water partition coefficient (Wildman–Crippen LogP) is 6.15. The van der Waals surface area contributed by atoms with E-state index in [4.69, 9.17) is 9.73 Å². The molecule has 1 N–H and O–H groups in total. The Morgan fingerprint density at radius 3 is 2.06 bits per heavy atom. The van der Waals surface area contributed by atoms with Gasteiger partial charge in [0, 0.05) is 4.90 Å². The molecule has 3 nitrogen and oxygen atoms in total. The van der Waals surface area contributed by atoms with Gasteiger partial charge in [-0.25, -0.2) is 4.99 Å². The van der Waals surface area contributed by atoms with Crippen LogP contribution in [-0.2, 0) is 21.8 Å². The molecule has 0 bridgehead atoms. The normalized spacial score (nSPS) is 23.0.